The lowest BCUT2D eigenvalue weighted by atomic mass is 9.96. The number of rotatable bonds is 6. The van der Waals surface area contributed by atoms with Crippen LogP contribution in [0.3, 0.4) is 0 Å². The normalized spacial score (nSPS) is 22.7. The maximum absolute atomic E-state index is 12.9. The first kappa shape index (κ1) is 20.1. The van der Waals surface area contributed by atoms with E-state index in [9.17, 15) is 9.90 Å². The molecule has 2 atom stereocenters. The van der Waals surface area contributed by atoms with Crippen molar-refractivity contribution in [2.24, 2.45) is 11.8 Å². The van der Waals surface area contributed by atoms with Crippen molar-refractivity contribution in [2.45, 2.75) is 44.8 Å². The fraction of sp³-hybridized carbons (Fsp3) is 0.480. The Hall–Kier alpha value is -2.17. The van der Waals surface area contributed by atoms with Crippen LogP contribution in [0.1, 0.15) is 37.7 Å². The fourth-order valence-electron chi connectivity index (χ4n) is 4.66. The van der Waals surface area contributed by atoms with Gasteiger partial charge in [0.05, 0.1) is 12.7 Å². The zero-order valence-corrected chi connectivity index (χ0v) is 17.0. The molecule has 1 aliphatic heterocycles. The lowest BCUT2D eigenvalue weighted by Gasteiger charge is -2.32. The van der Waals surface area contributed by atoms with Gasteiger partial charge in [-0.3, -0.25) is 4.79 Å². The zero-order valence-electron chi connectivity index (χ0n) is 17.0. The van der Waals surface area contributed by atoms with Crippen molar-refractivity contribution in [3.63, 3.8) is 0 Å². The molecule has 1 amide bonds. The Morgan fingerprint density at radius 2 is 1.69 bits per heavy atom. The Kier molecular flexibility index (Phi) is 6.63. The van der Waals surface area contributed by atoms with Gasteiger partial charge in [-0.15, -0.1) is 0 Å². The Morgan fingerprint density at radius 1 is 0.966 bits per heavy atom. The largest absolute Gasteiger partial charge is 0.396 e. The van der Waals surface area contributed by atoms with E-state index in [1.807, 2.05) is 11.0 Å². The maximum atomic E-state index is 12.9. The summed E-state index contributed by atoms with van der Waals surface area (Å²) >= 11 is 0. The number of ether oxygens (including phenoxy) is 1. The SMILES string of the molecule is O=C([C@H]1CC[C@H](OCc2ccccc2-c2ccccc2)C1)N1CCC(CO)CC1. The smallest absolute Gasteiger partial charge is 0.225 e. The first-order valence-electron chi connectivity index (χ1n) is 10.9. The standard InChI is InChI=1S/C25H31NO3/c27-17-19-12-14-26(15-13-19)25(28)21-10-11-23(16-21)29-18-22-8-4-5-9-24(22)20-6-2-1-3-7-20/h1-9,19,21,23,27H,10-18H2/t21-,23-/m0/s1. The summed E-state index contributed by atoms with van der Waals surface area (Å²) in [4.78, 5) is 14.9. The van der Waals surface area contributed by atoms with Gasteiger partial charge in [0.15, 0.2) is 0 Å². The molecule has 2 aromatic rings. The first-order chi connectivity index (χ1) is 14.2. The number of carbonyl (C=O) groups is 1. The zero-order chi connectivity index (χ0) is 20.1. The van der Waals surface area contributed by atoms with E-state index in [1.54, 1.807) is 0 Å². The summed E-state index contributed by atoms with van der Waals surface area (Å²) in [5.41, 5.74) is 3.61. The molecular formula is C25H31NO3. The predicted octanol–water partition coefficient (Wildman–Crippen LogP) is 4.27. The van der Waals surface area contributed by atoms with Gasteiger partial charge in [-0.25, -0.2) is 0 Å². The Bertz CT molecular complexity index is 799. The van der Waals surface area contributed by atoms with E-state index >= 15 is 0 Å². The number of benzene rings is 2. The van der Waals surface area contributed by atoms with Crippen molar-refractivity contribution in [2.75, 3.05) is 19.7 Å². The second-order valence-corrected chi connectivity index (χ2v) is 8.42. The summed E-state index contributed by atoms with van der Waals surface area (Å²) in [6.45, 7) is 2.40. The Morgan fingerprint density at radius 3 is 2.45 bits per heavy atom. The van der Waals surface area contributed by atoms with Gasteiger partial charge in [-0.1, -0.05) is 54.6 Å². The number of carbonyl (C=O) groups excluding carboxylic acids is 1. The monoisotopic (exact) mass is 393 g/mol. The van der Waals surface area contributed by atoms with Gasteiger partial charge in [0.25, 0.3) is 0 Å². The highest BCUT2D eigenvalue weighted by Gasteiger charge is 2.34. The van der Waals surface area contributed by atoms with Crippen molar-refractivity contribution in [3.05, 3.63) is 60.2 Å². The molecule has 0 spiro atoms. The van der Waals surface area contributed by atoms with E-state index in [0.717, 1.165) is 45.2 Å². The number of hydrogen-bond donors (Lipinski definition) is 1. The molecule has 154 valence electrons. The molecular weight excluding hydrogens is 362 g/mol. The number of likely N-dealkylation sites (tertiary alicyclic amines) is 1. The summed E-state index contributed by atoms with van der Waals surface area (Å²) in [6, 6.07) is 18.8. The highest BCUT2D eigenvalue weighted by molar-refractivity contribution is 5.79. The molecule has 2 fully saturated rings. The van der Waals surface area contributed by atoms with Crippen LogP contribution in [-0.4, -0.2) is 41.7 Å². The third-order valence-corrected chi connectivity index (χ3v) is 6.49. The van der Waals surface area contributed by atoms with Gasteiger partial charge in [-0.2, -0.15) is 0 Å². The molecule has 1 heterocycles. The molecule has 0 aromatic heterocycles. The molecule has 2 aromatic carbocycles. The minimum Gasteiger partial charge on any atom is -0.396 e. The molecule has 2 aliphatic rings. The van der Waals surface area contributed by atoms with E-state index in [-0.39, 0.29) is 24.5 Å². The molecule has 4 heteroatoms. The highest BCUT2D eigenvalue weighted by atomic mass is 16.5. The van der Waals surface area contributed by atoms with Crippen LogP contribution in [0.25, 0.3) is 11.1 Å². The van der Waals surface area contributed by atoms with E-state index in [2.05, 4.69) is 48.5 Å². The van der Waals surface area contributed by atoms with Gasteiger partial charge in [0.1, 0.15) is 0 Å². The number of nitrogens with zero attached hydrogens (tertiary/aromatic N) is 1. The van der Waals surface area contributed by atoms with E-state index in [1.165, 1.54) is 16.7 Å². The van der Waals surface area contributed by atoms with Crippen LogP contribution < -0.4 is 0 Å². The molecule has 0 radical (unpaired) electrons. The van der Waals surface area contributed by atoms with E-state index in [4.69, 9.17) is 4.74 Å². The number of aliphatic hydroxyl groups excluding tert-OH is 1. The number of hydrogen-bond acceptors (Lipinski definition) is 3. The average Bonchev–Trinajstić information content (AvgIpc) is 3.27. The summed E-state index contributed by atoms with van der Waals surface area (Å²) in [5, 5.41) is 9.29. The van der Waals surface area contributed by atoms with Crippen molar-refractivity contribution in [1.29, 1.82) is 0 Å². The molecule has 1 saturated heterocycles. The number of piperidine rings is 1. The van der Waals surface area contributed by atoms with Crippen molar-refractivity contribution < 1.29 is 14.6 Å². The van der Waals surface area contributed by atoms with Gasteiger partial charge >= 0.3 is 0 Å². The van der Waals surface area contributed by atoms with Gasteiger partial charge < -0.3 is 14.7 Å². The van der Waals surface area contributed by atoms with Crippen LogP contribution in [-0.2, 0) is 16.1 Å². The average molecular weight is 394 g/mol. The summed E-state index contributed by atoms with van der Waals surface area (Å²) in [7, 11) is 0. The van der Waals surface area contributed by atoms with Crippen LogP contribution in [0.15, 0.2) is 54.6 Å². The minimum absolute atomic E-state index is 0.0926. The summed E-state index contributed by atoms with van der Waals surface area (Å²) in [6.07, 6.45) is 4.70. The van der Waals surface area contributed by atoms with Crippen molar-refractivity contribution in [1.82, 2.24) is 4.90 Å². The third-order valence-electron chi connectivity index (χ3n) is 6.49. The maximum Gasteiger partial charge on any atom is 0.225 e. The molecule has 0 unspecified atom stereocenters. The molecule has 4 nitrogen and oxygen atoms in total. The van der Waals surface area contributed by atoms with Crippen LogP contribution >= 0.6 is 0 Å². The molecule has 1 N–H and O–H groups in total. The molecule has 1 saturated carbocycles. The second-order valence-electron chi connectivity index (χ2n) is 8.42. The molecule has 0 bridgehead atoms. The van der Waals surface area contributed by atoms with E-state index in [0.29, 0.717) is 12.5 Å². The highest BCUT2D eigenvalue weighted by Crippen LogP contribution is 2.32. The van der Waals surface area contributed by atoms with Gasteiger partial charge in [0, 0.05) is 25.6 Å². The topological polar surface area (TPSA) is 49.8 Å². The predicted molar refractivity (Wildman–Crippen MR) is 114 cm³/mol. The lowest BCUT2D eigenvalue weighted by Crippen LogP contribution is -2.42. The van der Waals surface area contributed by atoms with Crippen LogP contribution in [0.2, 0.25) is 0 Å². The van der Waals surface area contributed by atoms with Gasteiger partial charge in [0.2, 0.25) is 5.91 Å². The van der Waals surface area contributed by atoms with Crippen molar-refractivity contribution >= 4 is 5.91 Å². The fourth-order valence-corrected chi connectivity index (χ4v) is 4.66. The van der Waals surface area contributed by atoms with Crippen LogP contribution in [0.5, 0.6) is 0 Å². The Labute approximate surface area is 173 Å². The van der Waals surface area contributed by atoms with Crippen LogP contribution in [0, 0.1) is 11.8 Å². The number of amides is 1. The van der Waals surface area contributed by atoms with Crippen molar-refractivity contribution in [3.8, 4) is 11.1 Å². The van der Waals surface area contributed by atoms with Crippen LogP contribution in [0.4, 0.5) is 0 Å². The summed E-state index contributed by atoms with van der Waals surface area (Å²) < 4.78 is 6.25. The third kappa shape index (κ3) is 4.88. The Balaban J connectivity index is 1.31. The number of aliphatic hydroxyl groups is 1. The molecule has 1 aliphatic carbocycles. The second kappa shape index (κ2) is 9.55. The quantitative estimate of drug-likeness (QED) is 0.797. The molecule has 4 rings (SSSR count). The first-order valence-corrected chi connectivity index (χ1v) is 10.9. The van der Waals surface area contributed by atoms with E-state index < -0.39 is 0 Å². The molecule has 29 heavy (non-hydrogen) atoms. The minimum atomic E-state index is 0.0926. The van der Waals surface area contributed by atoms with Gasteiger partial charge in [-0.05, 0) is 54.7 Å². The lowest BCUT2D eigenvalue weighted by molar-refractivity contribution is -0.137. The summed E-state index contributed by atoms with van der Waals surface area (Å²) in [5.74, 6) is 0.746.